The third-order valence-corrected chi connectivity index (χ3v) is 5.85. The van der Waals surface area contributed by atoms with Gasteiger partial charge in [-0.05, 0) is 64.0 Å². The van der Waals surface area contributed by atoms with Crippen LogP contribution in [0.2, 0.25) is 0 Å². The number of fused-ring (bicyclic) bond motifs is 1. The second kappa shape index (κ2) is 6.46. The molecule has 1 aliphatic carbocycles. The predicted octanol–water partition coefficient (Wildman–Crippen LogP) is 6.09. The molecule has 0 amide bonds. The standard InChI is InChI=1S/C24H30O/c1-17(14-18-6-8-19(16-25)9-7-18)20-10-11-21-22(15-20)24(4,5)13-12-23(21,2)3/h6-11,14-15,25H,12-13,16H2,1-5H3. The van der Waals surface area contributed by atoms with E-state index in [0.717, 1.165) is 5.56 Å². The summed E-state index contributed by atoms with van der Waals surface area (Å²) in [6.45, 7) is 11.8. The van der Waals surface area contributed by atoms with Gasteiger partial charge in [0.05, 0.1) is 6.61 Å². The van der Waals surface area contributed by atoms with Crippen LogP contribution in [0.5, 0.6) is 0 Å². The van der Waals surface area contributed by atoms with E-state index in [9.17, 15) is 5.11 Å². The van der Waals surface area contributed by atoms with Gasteiger partial charge in [0.1, 0.15) is 0 Å². The first-order valence-electron chi connectivity index (χ1n) is 9.26. The highest BCUT2D eigenvalue weighted by molar-refractivity contribution is 5.80. The Labute approximate surface area is 152 Å². The number of rotatable bonds is 3. The molecule has 0 bridgehead atoms. The van der Waals surface area contributed by atoms with Crippen LogP contribution in [0.3, 0.4) is 0 Å². The molecule has 0 unspecified atom stereocenters. The molecule has 1 nitrogen and oxygen atoms in total. The monoisotopic (exact) mass is 334 g/mol. The lowest BCUT2D eigenvalue weighted by Crippen LogP contribution is -2.33. The molecular formula is C24H30O. The van der Waals surface area contributed by atoms with Gasteiger partial charge in [-0.2, -0.15) is 0 Å². The molecule has 0 radical (unpaired) electrons. The van der Waals surface area contributed by atoms with E-state index >= 15 is 0 Å². The molecule has 0 aromatic heterocycles. The van der Waals surface area contributed by atoms with Crippen LogP contribution >= 0.6 is 0 Å². The molecular weight excluding hydrogens is 304 g/mol. The Morgan fingerprint density at radius 3 is 2.12 bits per heavy atom. The molecule has 0 saturated heterocycles. The molecule has 2 aromatic carbocycles. The van der Waals surface area contributed by atoms with Gasteiger partial charge in [-0.1, -0.05) is 76.2 Å². The first-order valence-corrected chi connectivity index (χ1v) is 9.26. The number of allylic oxidation sites excluding steroid dienone is 1. The lowest BCUT2D eigenvalue weighted by molar-refractivity contribution is 0.282. The molecule has 0 atom stereocenters. The molecule has 3 rings (SSSR count). The fourth-order valence-electron chi connectivity index (χ4n) is 3.89. The quantitative estimate of drug-likeness (QED) is 0.674. The van der Waals surface area contributed by atoms with Crippen LogP contribution in [0, 0.1) is 0 Å². The van der Waals surface area contributed by atoms with Crippen molar-refractivity contribution in [1.29, 1.82) is 0 Å². The van der Waals surface area contributed by atoms with Gasteiger partial charge in [-0.15, -0.1) is 0 Å². The minimum Gasteiger partial charge on any atom is -0.392 e. The molecule has 1 N–H and O–H groups in total. The molecule has 2 aromatic rings. The highest BCUT2D eigenvalue weighted by atomic mass is 16.3. The fraction of sp³-hybridized carbons (Fsp3) is 0.417. The first kappa shape index (κ1) is 17.9. The Bertz CT molecular complexity index is 791. The topological polar surface area (TPSA) is 20.2 Å². The van der Waals surface area contributed by atoms with Crippen LogP contribution in [0.25, 0.3) is 11.6 Å². The molecule has 25 heavy (non-hydrogen) atoms. The molecule has 0 aliphatic heterocycles. The lowest BCUT2D eigenvalue weighted by Gasteiger charge is -2.42. The van der Waals surface area contributed by atoms with Gasteiger partial charge >= 0.3 is 0 Å². The van der Waals surface area contributed by atoms with Crippen LogP contribution in [0.1, 0.15) is 75.3 Å². The zero-order chi connectivity index (χ0) is 18.2. The van der Waals surface area contributed by atoms with Crippen molar-refractivity contribution in [3.05, 3.63) is 70.3 Å². The van der Waals surface area contributed by atoms with Crippen LogP contribution in [0.4, 0.5) is 0 Å². The van der Waals surface area contributed by atoms with Crippen molar-refractivity contribution in [3.8, 4) is 0 Å². The van der Waals surface area contributed by atoms with Crippen molar-refractivity contribution >= 4 is 11.6 Å². The summed E-state index contributed by atoms with van der Waals surface area (Å²) >= 11 is 0. The van der Waals surface area contributed by atoms with Crippen molar-refractivity contribution < 1.29 is 5.11 Å². The van der Waals surface area contributed by atoms with Gasteiger partial charge in [0.2, 0.25) is 0 Å². The van der Waals surface area contributed by atoms with Crippen LogP contribution in [-0.4, -0.2) is 5.11 Å². The summed E-state index contributed by atoms with van der Waals surface area (Å²) in [7, 11) is 0. The average molecular weight is 335 g/mol. The molecule has 0 saturated carbocycles. The third-order valence-electron chi connectivity index (χ3n) is 5.85. The summed E-state index contributed by atoms with van der Waals surface area (Å²) < 4.78 is 0. The predicted molar refractivity (Wildman–Crippen MR) is 108 cm³/mol. The fourth-order valence-corrected chi connectivity index (χ4v) is 3.89. The largest absolute Gasteiger partial charge is 0.392 e. The Morgan fingerprint density at radius 1 is 0.920 bits per heavy atom. The van der Waals surface area contributed by atoms with Crippen molar-refractivity contribution in [2.45, 2.75) is 64.9 Å². The van der Waals surface area contributed by atoms with Crippen LogP contribution in [0.15, 0.2) is 42.5 Å². The third kappa shape index (κ3) is 3.57. The Kier molecular flexibility index (Phi) is 4.64. The molecule has 0 heterocycles. The van der Waals surface area contributed by atoms with Crippen molar-refractivity contribution in [2.24, 2.45) is 0 Å². The van der Waals surface area contributed by atoms with E-state index in [0.29, 0.717) is 0 Å². The highest BCUT2D eigenvalue weighted by Gasteiger charge is 2.36. The normalized spacial score (nSPS) is 18.7. The molecule has 1 aliphatic rings. The summed E-state index contributed by atoms with van der Waals surface area (Å²) in [5, 5.41) is 9.18. The smallest absolute Gasteiger partial charge is 0.0681 e. The second-order valence-electron chi connectivity index (χ2n) is 8.76. The number of hydrogen-bond acceptors (Lipinski definition) is 1. The number of benzene rings is 2. The summed E-state index contributed by atoms with van der Waals surface area (Å²) in [6, 6.07) is 15.1. The zero-order valence-electron chi connectivity index (χ0n) is 16.2. The summed E-state index contributed by atoms with van der Waals surface area (Å²) in [5.74, 6) is 0. The van der Waals surface area contributed by atoms with Gasteiger partial charge < -0.3 is 5.11 Å². The van der Waals surface area contributed by atoms with E-state index in [-0.39, 0.29) is 17.4 Å². The maximum atomic E-state index is 9.18. The molecule has 132 valence electrons. The lowest BCUT2D eigenvalue weighted by atomic mass is 9.63. The van der Waals surface area contributed by atoms with Crippen molar-refractivity contribution in [3.63, 3.8) is 0 Å². The van der Waals surface area contributed by atoms with Gasteiger partial charge in [-0.25, -0.2) is 0 Å². The summed E-state index contributed by atoms with van der Waals surface area (Å²) in [4.78, 5) is 0. The summed E-state index contributed by atoms with van der Waals surface area (Å²) in [6.07, 6.45) is 4.71. The van der Waals surface area contributed by atoms with E-state index in [1.807, 2.05) is 12.1 Å². The van der Waals surface area contributed by atoms with Crippen molar-refractivity contribution in [2.75, 3.05) is 0 Å². The maximum Gasteiger partial charge on any atom is 0.0681 e. The SMILES string of the molecule is CC(=Cc1ccc(CO)cc1)c1ccc2c(c1)C(C)(C)CCC2(C)C. The Morgan fingerprint density at radius 2 is 1.52 bits per heavy atom. The first-order chi connectivity index (χ1) is 11.7. The van der Waals surface area contributed by atoms with E-state index < -0.39 is 0 Å². The van der Waals surface area contributed by atoms with Crippen LogP contribution < -0.4 is 0 Å². The summed E-state index contributed by atoms with van der Waals surface area (Å²) in [5.41, 5.74) is 8.22. The highest BCUT2D eigenvalue weighted by Crippen LogP contribution is 2.46. The van der Waals surface area contributed by atoms with Gasteiger partial charge in [0, 0.05) is 0 Å². The minimum atomic E-state index is 0.0959. The Balaban J connectivity index is 1.99. The van der Waals surface area contributed by atoms with Gasteiger partial charge in [-0.3, -0.25) is 0 Å². The Hall–Kier alpha value is -1.86. The number of aliphatic hydroxyl groups excluding tert-OH is 1. The van der Waals surface area contributed by atoms with E-state index in [1.165, 1.54) is 40.7 Å². The van der Waals surface area contributed by atoms with Crippen LogP contribution in [-0.2, 0) is 17.4 Å². The van der Waals surface area contributed by atoms with Gasteiger partial charge in [0.25, 0.3) is 0 Å². The second-order valence-corrected chi connectivity index (χ2v) is 8.76. The van der Waals surface area contributed by atoms with Crippen molar-refractivity contribution in [1.82, 2.24) is 0 Å². The van der Waals surface area contributed by atoms with E-state index in [1.54, 1.807) is 0 Å². The number of hydrogen-bond donors (Lipinski definition) is 1. The molecule has 0 spiro atoms. The number of aliphatic hydroxyl groups is 1. The molecule has 1 heteroatoms. The van der Waals surface area contributed by atoms with Gasteiger partial charge in [0.15, 0.2) is 0 Å². The molecule has 0 fully saturated rings. The van der Waals surface area contributed by atoms with E-state index in [2.05, 4.69) is 71.0 Å². The zero-order valence-corrected chi connectivity index (χ0v) is 16.2. The average Bonchev–Trinajstić information content (AvgIpc) is 2.59. The van der Waals surface area contributed by atoms with E-state index in [4.69, 9.17) is 0 Å². The maximum absolute atomic E-state index is 9.18. The minimum absolute atomic E-state index is 0.0959.